The zero-order valence-electron chi connectivity index (χ0n) is 19.3. The van der Waals surface area contributed by atoms with E-state index >= 15 is 0 Å². The zero-order valence-corrected chi connectivity index (χ0v) is 19.3. The minimum atomic E-state index is 0.793. The van der Waals surface area contributed by atoms with Gasteiger partial charge < -0.3 is 10.2 Å². The number of aliphatic imine (C=N–C) groups is 1. The van der Waals surface area contributed by atoms with E-state index in [-0.39, 0.29) is 0 Å². The fraction of sp³-hybridized carbons (Fsp3) is 0.0645. The van der Waals surface area contributed by atoms with Gasteiger partial charge in [0.2, 0.25) is 5.96 Å². The average molecular weight is 440 g/mol. The first kappa shape index (κ1) is 20.3. The number of rotatable bonds is 2. The molecular formula is C31H25N3. The second kappa shape index (κ2) is 8.20. The molecule has 3 heteroatoms. The lowest BCUT2D eigenvalue weighted by atomic mass is 10.0. The van der Waals surface area contributed by atoms with Crippen molar-refractivity contribution in [2.75, 3.05) is 24.3 Å². The molecule has 0 unspecified atom stereocenters. The largest absolute Gasteiger partial charge is 0.325 e. The molecule has 0 aliphatic rings. The normalized spacial score (nSPS) is 12.0. The van der Waals surface area contributed by atoms with Crippen LogP contribution < -0.4 is 10.2 Å². The molecule has 164 valence electrons. The predicted octanol–water partition coefficient (Wildman–Crippen LogP) is 7.83. The molecule has 6 rings (SSSR count). The first-order valence-electron chi connectivity index (χ1n) is 11.5. The summed E-state index contributed by atoms with van der Waals surface area (Å²) in [4.78, 5) is 6.77. The van der Waals surface area contributed by atoms with Gasteiger partial charge in [-0.05, 0) is 68.7 Å². The Labute approximate surface area is 199 Å². The highest BCUT2D eigenvalue weighted by atomic mass is 15.3. The first-order valence-corrected chi connectivity index (χ1v) is 11.5. The maximum absolute atomic E-state index is 4.63. The van der Waals surface area contributed by atoms with Crippen molar-refractivity contribution in [2.24, 2.45) is 4.99 Å². The summed E-state index contributed by atoms with van der Waals surface area (Å²) in [6.07, 6.45) is 0. The van der Waals surface area contributed by atoms with Gasteiger partial charge in [-0.3, -0.25) is 4.99 Å². The fourth-order valence-corrected chi connectivity index (χ4v) is 4.84. The van der Waals surface area contributed by atoms with Crippen LogP contribution in [0, 0.1) is 0 Å². The van der Waals surface area contributed by atoms with Crippen LogP contribution in [0.2, 0.25) is 0 Å². The van der Waals surface area contributed by atoms with Crippen LogP contribution in [0.5, 0.6) is 0 Å². The van der Waals surface area contributed by atoms with Crippen molar-refractivity contribution < 1.29 is 0 Å². The van der Waals surface area contributed by atoms with E-state index in [0.717, 1.165) is 17.3 Å². The standard InChI is InChI=1S/C31H25N3/c1-32-31(33-29-15-7-13-25-17-21-9-3-5-11-23(21)19-27(25)29)34(2)30-16-8-14-26-18-22-10-4-6-12-24(22)20-28(26)30/h3-20H,1-2H3,(H,32,33). The van der Waals surface area contributed by atoms with Gasteiger partial charge in [-0.1, -0.05) is 72.8 Å². The van der Waals surface area contributed by atoms with E-state index in [0.29, 0.717) is 0 Å². The molecule has 0 heterocycles. The summed E-state index contributed by atoms with van der Waals surface area (Å²) in [5.74, 6) is 0.793. The van der Waals surface area contributed by atoms with E-state index in [1.54, 1.807) is 0 Å². The van der Waals surface area contributed by atoms with Gasteiger partial charge in [-0.2, -0.15) is 0 Å². The molecule has 0 atom stereocenters. The summed E-state index contributed by atoms with van der Waals surface area (Å²) < 4.78 is 0. The third-order valence-corrected chi connectivity index (χ3v) is 6.61. The Morgan fingerprint density at radius 2 is 1.09 bits per heavy atom. The Kier molecular flexibility index (Phi) is 4.88. The molecule has 3 nitrogen and oxygen atoms in total. The predicted molar refractivity (Wildman–Crippen MR) is 148 cm³/mol. The van der Waals surface area contributed by atoms with E-state index in [2.05, 4.69) is 131 Å². The molecule has 6 aromatic carbocycles. The van der Waals surface area contributed by atoms with Gasteiger partial charge in [-0.15, -0.1) is 0 Å². The molecule has 1 N–H and O–H groups in total. The number of hydrogen-bond donors (Lipinski definition) is 1. The van der Waals surface area contributed by atoms with Gasteiger partial charge in [0.05, 0.1) is 5.69 Å². The van der Waals surface area contributed by atoms with Crippen LogP contribution in [-0.2, 0) is 0 Å². The van der Waals surface area contributed by atoms with Crippen molar-refractivity contribution >= 4 is 60.4 Å². The van der Waals surface area contributed by atoms with Crippen LogP contribution in [0.3, 0.4) is 0 Å². The van der Waals surface area contributed by atoms with Gasteiger partial charge in [0.15, 0.2) is 0 Å². The van der Waals surface area contributed by atoms with Crippen molar-refractivity contribution in [3.05, 3.63) is 109 Å². The molecule has 0 aromatic heterocycles. The number of hydrogen-bond acceptors (Lipinski definition) is 1. The molecule has 0 fully saturated rings. The summed E-state index contributed by atoms with van der Waals surface area (Å²) in [5, 5.41) is 13.4. The number of fused-ring (bicyclic) bond motifs is 4. The molecule has 0 bridgehead atoms. The highest BCUT2D eigenvalue weighted by Crippen LogP contribution is 2.32. The van der Waals surface area contributed by atoms with Crippen LogP contribution in [0.4, 0.5) is 11.4 Å². The Morgan fingerprint density at radius 3 is 1.71 bits per heavy atom. The zero-order chi connectivity index (χ0) is 23.1. The van der Waals surface area contributed by atoms with E-state index in [1.165, 1.54) is 43.1 Å². The molecular weight excluding hydrogens is 414 g/mol. The lowest BCUT2D eigenvalue weighted by molar-refractivity contribution is 1.23. The molecule has 0 radical (unpaired) electrons. The van der Waals surface area contributed by atoms with E-state index < -0.39 is 0 Å². The molecule has 6 aromatic rings. The molecule has 0 aliphatic carbocycles. The van der Waals surface area contributed by atoms with Crippen LogP contribution in [-0.4, -0.2) is 20.1 Å². The van der Waals surface area contributed by atoms with Gasteiger partial charge in [0, 0.05) is 30.6 Å². The van der Waals surface area contributed by atoms with Crippen LogP contribution in [0.25, 0.3) is 43.1 Å². The quantitative estimate of drug-likeness (QED) is 0.169. The SMILES string of the molecule is CN=C(Nc1cccc2cc3ccccc3cc12)N(C)c1cccc2cc3ccccc3cc12. The van der Waals surface area contributed by atoms with E-state index in [9.17, 15) is 0 Å². The molecule has 0 saturated carbocycles. The maximum atomic E-state index is 4.63. The Morgan fingerprint density at radius 1 is 0.588 bits per heavy atom. The number of nitrogens with one attached hydrogen (secondary N) is 1. The summed E-state index contributed by atoms with van der Waals surface area (Å²) in [7, 11) is 3.90. The van der Waals surface area contributed by atoms with Crippen molar-refractivity contribution in [2.45, 2.75) is 0 Å². The van der Waals surface area contributed by atoms with Crippen molar-refractivity contribution in [1.82, 2.24) is 0 Å². The summed E-state index contributed by atoms with van der Waals surface area (Å²) in [6, 6.07) is 38.8. The number of anilines is 2. The highest BCUT2D eigenvalue weighted by Gasteiger charge is 2.14. The van der Waals surface area contributed by atoms with Gasteiger partial charge in [0.25, 0.3) is 0 Å². The third-order valence-electron chi connectivity index (χ3n) is 6.61. The Balaban J connectivity index is 1.43. The minimum Gasteiger partial charge on any atom is -0.325 e. The van der Waals surface area contributed by atoms with Crippen LogP contribution in [0.1, 0.15) is 0 Å². The average Bonchev–Trinajstić information content (AvgIpc) is 2.88. The monoisotopic (exact) mass is 439 g/mol. The van der Waals surface area contributed by atoms with E-state index in [4.69, 9.17) is 0 Å². The van der Waals surface area contributed by atoms with Crippen molar-refractivity contribution in [1.29, 1.82) is 0 Å². The number of benzene rings is 6. The molecule has 0 spiro atoms. The molecule has 0 amide bonds. The molecule has 0 aliphatic heterocycles. The Bertz CT molecular complexity index is 1720. The molecule has 0 saturated heterocycles. The lowest BCUT2D eigenvalue weighted by Crippen LogP contribution is -2.33. The van der Waals surface area contributed by atoms with Crippen LogP contribution >= 0.6 is 0 Å². The maximum Gasteiger partial charge on any atom is 0.202 e. The Hall–Kier alpha value is -4.37. The summed E-state index contributed by atoms with van der Waals surface area (Å²) in [6.45, 7) is 0. The van der Waals surface area contributed by atoms with Gasteiger partial charge >= 0.3 is 0 Å². The van der Waals surface area contributed by atoms with Crippen molar-refractivity contribution in [3.8, 4) is 0 Å². The van der Waals surface area contributed by atoms with Crippen LogP contribution in [0.15, 0.2) is 114 Å². The first-order chi connectivity index (χ1) is 16.7. The van der Waals surface area contributed by atoms with Gasteiger partial charge in [-0.25, -0.2) is 0 Å². The minimum absolute atomic E-state index is 0.793. The van der Waals surface area contributed by atoms with Gasteiger partial charge in [0.1, 0.15) is 0 Å². The second-order valence-electron chi connectivity index (χ2n) is 8.65. The lowest BCUT2D eigenvalue weighted by Gasteiger charge is -2.24. The topological polar surface area (TPSA) is 27.6 Å². The summed E-state index contributed by atoms with van der Waals surface area (Å²) >= 11 is 0. The number of guanidine groups is 1. The molecule has 34 heavy (non-hydrogen) atoms. The highest BCUT2D eigenvalue weighted by molar-refractivity contribution is 6.15. The number of nitrogens with zero attached hydrogens (tertiary/aromatic N) is 2. The summed E-state index contributed by atoms with van der Waals surface area (Å²) in [5.41, 5.74) is 2.16. The smallest absolute Gasteiger partial charge is 0.202 e. The second-order valence-corrected chi connectivity index (χ2v) is 8.65. The fourth-order valence-electron chi connectivity index (χ4n) is 4.84. The third kappa shape index (κ3) is 3.43. The van der Waals surface area contributed by atoms with Crippen molar-refractivity contribution in [3.63, 3.8) is 0 Å². The van der Waals surface area contributed by atoms with E-state index in [1.807, 2.05) is 7.05 Å².